The van der Waals surface area contributed by atoms with Gasteiger partial charge in [0.25, 0.3) is 0 Å². The summed E-state index contributed by atoms with van der Waals surface area (Å²) in [6, 6.07) is 6.37. The first-order chi connectivity index (χ1) is 8.31. The molecule has 1 heterocycles. The molecule has 0 aliphatic heterocycles. The summed E-state index contributed by atoms with van der Waals surface area (Å²) in [5.41, 5.74) is 0.738. The SMILES string of the molecule is COCCNc1nccn1-c1cccc(F)c1. The minimum absolute atomic E-state index is 0.265. The van der Waals surface area contributed by atoms with Gasteiger partial charge < -0.3 is 10.1 Å². The maximum absolute atomic E-state index is 13.1. The largest absolute Gasteiger partial charge is 0.383 e. The van der Waals surface area contributed by atoms with Crippen molar-refractivity contribution in [3.8, 4) is 5.69 Å². The fourth-order valence-electron chi connectivity index (χ4n) is 1.53. The number of halogens is 1. The highest BCUT2D eigenvalue weighted by molar-refractivity contribution is 5.41. The summed E-state index contributed by atoms with van der Waals surface area (Å²) in [4.78, 5) is 4.17. The Bertz CT molecular complexity index is 484. The van der Waals surface area contributed by atoms with Crippen molar-refractivity contribution in [3.05, 3.63) is 42.5 Å². The second kappa shape index (κ2) is 5.45. The lowest BCUT2D eigenvalue weighted by Gasteiger charge is -2.09. The predicted molar refractivity (Wildman–Crippen MR) is 63.9 cm³/mol. The topological polar surface area (TPSA) is 39.1 Å². The van der Waals surface area contributed by atoms with Crippen molar-refractivity contribution < 1.29 is 9.13 Å². The molecule has 2 rings (SSSR count). The zero-order chi connectivity index (χ0) is 12.1. The van der Waals surface area contributed by atoms with Crippen molar-refractivity contribution in [1.29, 1.82) is 0 Å². The third-order valence-electron chi connectivity index (χ3n) is 2.32. The molecule has 4 nitrogen and oxygen atoms in total. The summed E-state index contributed by atoms with van der Waals surface area (Å²) in [5, 5.41) is 3.12. The first-order valence-electron chi connectivity index (χ1n) is 5.33. The van der Waals surface area contributed by atoms with Gasteiger partial charge in [-0.2, -0.15) is 0 Å². The average Bonchev–Trinajstić information content (AvgIpc) is 2.78. The molecule has 0 aliphatic carbocycles. The van der Waals surface area contributed by atoms with Crippen molar-refractivity contribution in [3.63, 3.8) is 0 Å². The molecule has 0 atom stereocenters. The Kier molecular flexibility index (Phi) is 3.72. The van der Waals surface area contributed by atoms with Crippen LogP contribution in [0.3, 0.4) is 0 Å². The maximum atomic E-state index is 13.1. The van der Waals surface area contributed by atoms with Crippen molar-refractivity contribution >= 4 is 5.95 Å². The highest BCUT2D eigenvalue weighted by Gasteiger charge is 2.04. The smallest absolute Gasteiger partial charge is 0.207 e. The molecule has 1 aromatic heterocycles. The highest BCUT2D eigenvalue weighted by Crippen LogP contribution is 2.14. The number of imidazole rings is 1. The van der Waals surface area contributed by atoms with Crippen LogP contribution in [0.2, 0.25) is 0 Å². The van der Waals surface area contributed by atoms with Gasteiger partial charge >= 0.3 is 0 Å². The lowest BCUT2D eigenvalue weighted by molar-refractivity contribution is 0.210. The summed E-state index contributed by atoms with van der Waals surface area (Å²) in [6.07, 6.45) is 3.45. The van der Waals surface area contributed by atoms with Gasteiger partial charge in [-0.15, -0.1) is 0 Å². The zero-order valence-corrected chi connectivity index (χ0v) is 9.56. The fraction of sp³-hybridized carbons (Fsp3) is 0.250. The van der Waals surface area contributed by atoms with Crippen molar-refractivity contribution in [2.45, 2.75) is 0 Å². The summed E-state index contributed by atoms with van der Waals surface area (Å²) in [6.45, 7) is 1.25. The van der Waals surface area contributed by atoms with E-state index >= 15 is 0 Å². The van der Waals surface area contributed by atoms with Crippen molar-refractivity contribution in [2.75, 3.05) is 25.6 Å². The van der Waals surface area contributed by atoms with E-state index in [9.17, 15) is 4.39 Å². The quantitative estimate of drug-likeness (QED) is 0.806. The number of hydrogen-bond acceptors (Lipinski definition) is 3. The van der Waals surface area contributed by atoms with E-state index in [-0.39, 0.29) is 5.82 Å². The highest BCUT2D eigenvalue weighted by atomic mass is 19.1. The standard InChI is InChI=1S/C12H14FN3O/c1-17-8-6-15-12-14-5-7-16(12)11-4-2-3-10(13)9-11/h2-5,7,9H,6,8H2,1H3,(H,14,15). The van der Waals surface area contributed by atoms with E-state index in [0.29, 0.717) is 19.1 Å². The summed E-state index contributed by atoms with van der Waals surface area (Å²) in [7, 11) is 1.64. The molecular formula is C12H14FN3O. The van der Waals surface area contributed by atoms with Gasteiger partial charge in [-0.3, -0.25) is 4.57 Å². The van der Waals surface area contributed by atoms with Crippen LogP contribution in [0.5, 0.6) is 0 Å². The molecule has 0 fully saturated rings. The lowest BCUT2D eigenvalue weighted by Crippen LogP contribution is -2.11. The van der Waals surface area contributed by atoms with Gasteiger partial charge in [0.1, 0.15) is 5.82 Å². The van der Waals surface area contributed by atoms with Gasteiger partial charge in [-0.1, -0.05) is 6.07 Å². The zero-order valence-electron chi connectivity index (χ0n) is 9.56. The average molecular weight is 235 g/mol. The first kappa shape index (κ1) is 11.6. The van der Waals surface area contributed by atoms with Crippen LogP contribution in [0.4, 0.5) is 10.3 Å². The van der Waals surface area contributed by atoms with E-state index < -0.39 is 0 Å². The Labute approximate surface area is 99.1 Å². The summed E-state index contributed by atoms with van der Waals surface area (Å²) >= 11 is 0. The molecule has 0 bridgehead atoms. The molecule has 5 heteroatoms. The second-order valence-electron chi connectivity index (χ2n) is 3.52. The Balaban J connectivity index is 2.18. The Hall–Kier alpha value is -1.88. The molecule has 1 N–H and O–H groups in total. The van der Waals surface area contributed by atoms with Gasteiger partial charge in [0, 0.05) is 26.0 Å². The normalized spacial score (nSPS) is 10.5. The van der Waals surface area contributed by atoms with Crippen LogP contribution in [0.1, 0.15) is 0 Å². The number of rotatable bonds is 5. The van der Waals surface area contributed by atoms with Gasteiger partial charge in [0.15, 0.2) is 0 Å². The van der Waals surface area contributed by atoms with E-state index in [1.165, 1.54) is 12.1 Å². The van der Waals surface area contributed by atoms with Crippen molar-refractivity contribution in [2.24, 2.45) is 0 Å². The van der Waals surface area contributed by atoms with Gasteiger partial charge in [-0.25, -0.2) is 9.37 Å². The van der Waals surface area contributed by atoms with Crippen molar-refractivity contribution in [1.82, 2.24) is 9.55 Å². The molecule has 0 aliphatic rings. The number of methoxy groups -OCH3 is 1. The van der Waals surface area contributed by atoms with Gasteiger partial charge in [0.05, 0.1) is 12.3 Å². The maximum Gasteiger partial charge on any atom is 0.207 e. The molecule has 0 saturated heterocycles. The molecule has 0 amide bonds. The van der Waals surface area contributed by atoms with Crippen LogP contribution >= 0.6 is 0 Å². The number of nitrogens with one attached hydrogen (secondary N) is 1. The van der Waals surface area contributed by atoms with E-state index in [4.69, 9.17) is 4.74 Å². The number of benzene rings is 1. The van der Waals surface area contributed by atoms with E-state index in [1.54, 1.807) is 30.1 Å². The number of anilines is 1. The fourth-order valence-corrected chi connectivity index (χ4v) is 1.53. The van der Waals surface area contributed by atoms with Crippen LogP contribution < -0.4 is 5.32 Å². The monoisotopic (exact) mass is 235 g/mol. The van der Waals surface area contributed by atoms with E-state index in [2.05, 4.69) is 10.3 Å². The van der Waals surface area contributed by atoms with Crippen LogP contribution in [0.25, 0.3) is 5.69 Å². The summed E-state index contributed by atoms with van der Waals surface area (Å²) in [5.74, 6) is 0.409. The minimum Gasteiger partial charge on any atom is -0.383 e. The van der Waals surface area contributed by atoms with Crippen LogP contribution in [-0.4, -0.2) is 29.8 Å². The number of nitrogens with zero attached hydrogens (tertiary/aromatic N) is 2. The number of hydrogen-bond donors (Lipinski definition) is 1. The molecule has 0 radical (unpaired) electrons. The molecule has 0 unspecified atom stereocenters. The summed E-state index contributed by atoms with van der Waals surface area (Å²) < 4.78 is 19.9. The molecular weight excluding hydrogens is 221 g/mol. The van der Waals surface area contributed by atoms with Gasteiger partial charge in [-0.05, 0) is 18.2 Å². The van der Waals surface area contributed by atoms with E-state index in [1.807, 2.05) is 6.07 Å². The first-order valence-corrected chi connectivity index (χ1v) is 5.33. The lowest BCUT2D eigenvalue weighted by atomic mass is 10.3. The third-order valence-corrected chi connectivity index (χ3v) is 2.32. The number of ether oxygens (including phenoxy) is 1. The van der Waals surface area contributed by atoms with Crippen LogP contribution in [0, 0.1) is 5.82 Å². The molecule has 0 saturated carbocycles. The van der Waals surface area contributed by atoms with Crippen LogP contribution in [-0.2, 0) is 4.74 Å². The Morgan fingerprint density at radius 1 is 1.47 bits per heavy atom. The van der Waals surface area contributed by atoms with Crippen LogP contribution in [0.15, 0.2) is 36.7 Å². The second-order valence-corrected chi connectivity index (χ2v) is 3.52. The number of aromatic nitrogens is 2. The van der Waals surface area contributed by atoms with E-state index in [0.717, 1.165) is 5.69 Å². The third kappa shape index (κ3) is 2.82. The molecule has 90 valence electrons. The molecule has 2 aromatic rings. The van der Waals surface area contributed by atoms with Gasteiger partial charge in [0.2, 0.25) is 5.95 Å². The molecule has 1 aromatic carbocycles. The minimum atomic E-state index is -0.265. The molecule has 17 heavy (non-hydrogen) atoms. The molecule has 0 spiro atoms. The Morgan fingerprint density at radius 2 is 2.35 bits per heavy atom. The predicted octanol–water partition coefficient (Wildman–Crippen LogP) is 2.07. The Morgan fingerprint density at radius 3 is 3.12 bits per heavy atom.